The molecule has 2 aromatic carbocycles. The van der Waals surface area contributed by atoms with Gasteiger partial charge in [0.25, 0.3) is 0 Å². The molecule has 1 aliphatic heterocycles. The Labute approximate surface area is 120 Å². The highest BCUT2D eigenvalue weighted by atomic mass is 16.5. The first-order chi connectivity index (χ1) is 9.42. The Hall–Kier alpha value is -1.96. The number of benzene rings is 2. The fourth-order valence-electron chi connectivity index (χ4n) is 3.40. The molecule has 0 saturated heterocycles. The molecule has 3 rings (SSSR count). The second-order valence-electron chi connectivity index (χ2n) is 6.41. The predicted molar refractivity (Wildman–Crippen MR) is 80.2 cm³/mol. The van der Waals surface area contributed by atoms with E-state index in [4.69, 9.17) is 4.74 Å². The van der Waals surface area contributed by atoms with Crippen molar-refractivity contribution >= 4 is 0 Å². The maximum Gasteiger partial charge on any atom is 0.136 e. The molecule has 0 amide bonds. The van der Waals surface area contributed by atoms with Gasteiger partial charge in [0.2, 0.25) is 0 Å². The minimum atomic E-state index is -0.511. The van der Waals surface area contributed by atoms with Crippen molar-refractivity contribution in [1.82, 2.24) is 0 Å². The van der Waals surface area contributed by atoms with Gasteiger partial charge in [-0.05, 0) is 30.0 Å². The molecule has 0 aliphatic carbocycles. The van der Waals surface area contributed by atoms with Crippen molar-refractivity contribution in [2.24, 2.45) is 0 Å². The lowest BCUT2D eigenvalue weighted by molar-refractivity contribution is 0.0305. The second-order valence-corrected chi connectivity index (χ2v) is 6.41. The number of fused-ring (bicyclic) bond motifs is 1. The van der Waals surface area contributed by atoms with Crippen molar-refractivity contribution in [3.63, 3.8) is 0 Å². The van der Waals surface area contributed by atoms with Crippen LogP contribution in [0, 0.1) is 0 Å². The number of phenols is 1. The number of ether oxygens (including phenoxy) is 1. The predicted octanol–water partition coefficient (Wildman–Crippen LogP) is 4.37. The summed E-state index contributed by atoms with van der Waals surface area (Å²) in [4.78, 5) is 0. The van der Waals surface area contributed by atoms with E-state index < -0.39 is 5.60 Å². The minimum absolute atomic E-state index is 0.00583. The summed E-state index contributed by atoms with van der Waals surface area (Å²) in [5.41, 5.74) is 1.57. The van der Waals surface area contributed by atoms with E-state index in [0.29, 0.717) is 5.75 Å². The molecule has 2 heteroatoms. The Balaban J connectivity index is 2.13. The fraction of sp³-hybridized carbons (Fsp3) is 0.333. The zero-order valence-electron chi connectivity index (χ0n) is 12.2. The topological polar surface area (TPSA) is 29.5 Å². The van der Waals surface area contributed by atoms with Crippen LogP contribution in [0.5, 0.6) is 11.5 Å². The van der Waals surface area contributed by atoms with Crippen LogP contribution in [0.2, 0.25) is 0 Å². The zero-order valence-corrected chi connectivity index (χ0v) is 12.2. The number of phenolic OH excluding ortho intramolecular Hbond substituents is 1. The molecule has 0 saturated carbocycles. The Kier molecular flexibility index (Phi) is 2.79. The summed E-state index contributed by atoms with van der Waals surface area (Å²) < 4.78 is 6.26. The lowest BCUT2D eigenvalue weighted by Crippen LogP contribution is -2.41. The van der Waals surface area contributed by atoms with E-state index in [1.54, 1.807) is 6.07 Å². The molecule has 1 atom stereocenters. The van der Waals surface area contributed by atoms with E-state index in [1.165, 1.54) is 5.56 Å². The number of rotatable bonds is 1. The largest absolute Gasteiger partial charge is 0.508 e. The molecular weight excluding hydrogens is 248 g/mol. The third-order valence-corrected chi connectivity index (χ3v) is 4.20. The number of para-hydroxylation sites is 2. The van der Waals surface area contributed by atoms with E-state index in [-0.39, 0.29) is 5.41 Å². The van der Waals surface area contributed by atoms with Gasteiger partial charge in [0.1, 0.15) is 17.1 Å². The van der Waals surface area contributed by atoms with Crippen LogP contribution < -0.4 is 4.74 Å². The number of hydrogen-bond acceptors (Lipinski definition) is 2. The molecule has 1 N–H and O–H groups in total. The van der Waals surface area contributed by atoms with Crippen LogP contribution in [0.4, 0.5) is 0 Å². The van der Waals surface area contributed by atoms with Crippen molar-refractivity contribution in [3.05, 3.63) is 59.7 Å². The summed E-state index contributed by atoms with van der Waals surface area (Å²) >= 11 is 0. The molecule has 1 heterocycles. The van der Waals surface area contributed by atoms with Crippen LogP contribution in [0.3, 0.4) is 0 Å². The molecule has 2 aromatic rings. The van der Waals surface area contributed by atoms with E-state index in [0.717, 1.165) is 17.7 Å². The maximum atomic E-state index is 10.2. The molecule has 0 spiro atoms. The Morgan fingerprint density at radius 2 is 1.50 bits per heavy atom. The average Bonchev–Trinajstić information content (AvgIpc) is 2.38. The molecule has 0 unspecified atom stereocenters. The van der Waals surface area contributed by atoms with Crippen LogP contribution in [-0.4, -0.2) is 5.11 Å². The average molecular weight is 268 g/mol. The van der Waals surface area contributed by atoms with Gasteiger partial charge in [0, 0.05) is 12.0 Å². The van der Waals surface area contributed by atoms with E-state index in [2.05, 4.69) is 26.8 Å². The first kappa shape index (κ1) is 13.0. The summed E-state index contributed by atoms with van der Waals surface area (Å²) in [6.45, 7) is 6.51. The van der Waals surface area contributed by atoms with Crippen molar-refractivity contribution < 1.29 is 9.84 Å². The Bertz CT molecular complexity index is 645. The normalized spacial score (nSPS) is 23.8. The van der Waals surface area contributed by atoms with Crippen LogP contribution in [0.15, 0.2) is 48.5 Å². The Morgan fingerprint density at radius 1 is 0.900 bits per heavy atom. The van der Waals surface area contributed by atoms with Gasteiger partial charge in [-0.1, -0.05) is 50.2 Å². The maximum absolute atomic E-state index is 10.2. The van der Waals surface area contributed by atoms with Crippen molar-refractivity contribution in [2.75, 3.05) is 0 Å². The van der Waals surface area contributed by atoms with Gasteiger partial charge in [-0.15, -0.1) is 0 Å². The quantitative estimate of drug-likeness (QED) is 0.832. The lowest BCUT2D eigenvalue weighted by atomic mass is 9.71. The lowest BCUT2D eigenvalue weighted by Gasteiger charge is -2.44. The molecule has 1 aliphatic rings. The first-order valence-electron chi connectivity index (χ1n) is 6.99. The summed E-state index contributed by atoms with van der Waals surface area (Å²) in [6.07, 6.45) is 0.828. The highest BCUT2D eigenvalue weighted by Gasteiger charge is 2.43. The van der Waals surface area contributed by atoms with Crippen LogP contribution in [0.25, 0.3) is 0 Å². The van der Waals surface area contributed by atoms with E-state index in [1.807, 2.05) is 36.4 Å². The molecule has 104 valence electrons. The van der Waals surface area contributed by atoms with Crippen molar-refractivity contribution in [2.45, 2.75) is 38.2 Å². The molecule has 0 aromatic heterocycles. The van der Waals surface area contributed by atoms with Gasteiger partial charge >= 0.3 is 0 Å². The van der Waals surface area contributed by atoms with Gasteiger partial charge < -0.3 is 9.84 Å². The molecule has 0 radical (unpaired) electrons. The highest BCUT2D eigenvalue weighted by Crippen LogP contribution is 2.49. The highest BCUT2D eigenvalue weighted by molar-refractivity contribution is 5.46. The summed E-state index contributed by atoms with van der Waals surface area (Å²) in [5.74, 6) is 1.21. The first-order valence-corrected chi connectivity index (χ1v) is 6.99. The summed E-state index contributed by atoms with van der Waals surface area (Å²) in [5, 5.41) is 10.2. The van der Waals surface area contributed by atoms with Gasteiger partial charge in [0.15, 0.2) is 0 Å². The summed E-state index contributed by atoms with van der Waals surface area (Å²) in [6, 6.07) is 15.6. The van der Waals surface area contributed by atoms with Crippen LogP contribution in [-0.2, 0) is 11.0 Å². The Morgan fingerprint density at radius 3 is 2.20 bits per heavy atom. The zero-order chi connectivity index (χ0) is 14.4. The van der Waals surface area contributed by atoms with Crippen LogP contribution >= 0.6 is 0 Å². The molecule has 0 bridgehead atoms. The van der Waals surface area contributed by atoms with Gasteiger partial charge in [0.05, 0.1) is 0 Å². The van der Waals surface area contributed by atoms with Crippen LogP contribution in [0.1, 0.15) is 38.3 Å². The second kappa shape index (κ2) is 4.27. The van der Waals surface area contributed by atoms with Crippen molar-refractivity contribution in [1.29, 1.82) is 0 Å². The van der Waals surface area contributed by atoms with Gasteiger partial charge in [-0.25, -0.2) is 0 Å². The fourth-order valence-corrected chi connectivity index (χ4v) is 3.40. The molecule has 0 fully saturated rings. The standard InChI is InChI=1S/C18H20O2/c1-17(2)12-18(3,13-8-4-6-10-15(13)19)20-16-11-7-5-9-14(16)17/h4-11,19H,12H2,1-3H3/t18-/m0/s1. The SMILES string of the molecule is CC1(C)C[C@@](C)(c2ccccc2O)Oc2ccccc21. The monoisotopic (exact) mass is 268 g/mol. The van der Waals surface area contributed by atoms with E-state index in [9.17, 15) is 5.11 Å². The van der Waals surface area contributed by atoms with Gasteiger partial charge in [-0.3, -0.25) is 0 Å². The number of aromatic hydroxyl groups is 1. The van der Waals surface area contributed by atoms with E-state index >= 15 is 0 Å². The third-order valence-electron chi connectivity index (χ3n) is 4.20. The summed E-state index contributed by atoms with van der Waals surface area (Å²) in [7, 11) is 0. The molecule has 2 nitrogen and oxygen atoms in total. The third kappa shape index (κ3) is 1.96. The van der Waals surface area contributed by atoms with Gasteiger partial charge in [-0.2, -0.15) is 0 Å². The smallest absolute Gasteiger partial charge is 0.136 e. The van der Waals surface area contributed by atoms with Crippen molar-refractivity contribution in [3.8, 4) is 11.5 Å². The molecular formula is C18H20O2. The molecule has 20 heavy (non-hydrogen) atoms. The number of hydrogen-bond donors (Lipinski definition) is 1. The minimum Gasteiger partial charge on any atom is -0.508 e.